The number of halogens is 3. The number of hydrogen-bond acceptors (Lipinski definition) is 3. The summed E-state index contributed by atoms with van der Waals surface area (Å²) >= 11 is 0. The van der Waals surface area contributed by atoms with Gasteiger partial charge < -0.3 is 14.2 Å². The molecule has 0 spiro atoms. The molecule has 0 radical (unpaired) electrons. The molecule has 1 rings (SSSR count). The van der Waals surface area contributed by atoms with Crippen molar-refractivity contribution in [3.8, 4) is 12.3 Å². The molecule has 1 aliphatic carbocycles. The molecule has 0 aromatic heterocycles. The first kappa shape index (κ1) is 31.4. The lowest BCUT2D eigenvalue weighted by molar-refractivity contribution is 0.109. The highest BCUT2D eigenvalue weighted by Crippen LogP contribution is 2.36. The average Bonchev–Trinajstić information content (AvgIpc) is 2.88. The Kier molecular flexibility index (Phi) is 14.8. The second kappa shape index (κ2) is 17.0. The first-order chi connectivity index (χ1) is 17.2. The molecular formula is C30H39F3O3. The molecule has 4 atom stereocenters. The van der Waals surface area contributed by atoms with Crippen molar-refractivity contribution < 1.29 is 27.4 Å². The normalized spacial score (nSPS) is 21.2. The molecule has 0 N–H and O–H groups in total. The number of hydrogen-bond donors (Lipinski definition) is 0. The van der Waals surface area contributed by atoms with E-state index in [0.29, 0.717) is 24.0 Å². The summed E-state index contributed by atoms with van der Waals surface area (Å²) in [4.78, 5) is 0. The summed E-state index contributed by atoms with van der Waals surface area (Å²) in [6, 6.07) is 0. The number of allylic oxidation sites excluding steroid dienone is 7. The van der Waals surface area contributed by atoms with Gasteiger partial charge in [-0.1, -0.05) is 57.2 Å². The Morgan fingerprint density at radius 3 is 2.39 bits per heavy atom. The molecule has 0 bridgehead atoms. The fourth-order valence-electron chi connectivity index (χ4n) is 3.99. The quantitative estimate of drug-likeness (QED) is 0.0991. The number of ether oxygens (including phenoxy) is 3. The molecule has 3 nitrogen and oxygen atoms in total. The van der Waals surface area contributed by atoms with Crippen molar-refractivity contribution in [1.29, 1.82) is 0 Å². The molecule has 0 aliphatic heterocycles. The van der Waals surface area contributed by atoms with Gasteiger partial charge in [0.1, 0.15) is 17.8 Å². The van der Waals surface area contributed by atoms with Crippen LogP contribution in [0.4, 0.5) is 13.2 Å². The van der Waals surface area contributed by atoms with Crippen LogP contribution < -0.4 is 0 Å². The van der Waals surface area contributed by atoms with Crippen LogP contribution in [0.15, 0.2) is 83.8 Å². The maximum absolute atomic E-state index is 15.0. The highest BCUT2D eigenvalue weighted by atomic mass is 19.2. The van der Waals surface area contributed by atoms with E-state index in [2.05, 4.69) is 19.1 Å². The van der Waals surface area contributed by atoms with E-state index in [9.17, 15) is 13.2 Å². The van der Waals surface area contributed by atoms with Gasteiger partial charge >= 0.3 is 0 Å². The van der Waals surface area contributed by atoms with E-state index in [4.69, 9.17) is 20.6 Å². The highest BCUT2D eigenvalue weighted by Gasteiger charge is 2.28. The standard InChI is InChI=1S/C30H39F3O3/c1-8-12-23(21(4)19-27(31)28(10-3)35-7)13-11-18-36-20-22(5)29(32)30(33)26(9-2)24-14-16-25(34-6)17-15-24/h1,11-14,16,19,24-26,28H,4-5,9-10,15,17-18,20H2,2-3,6-7H3/b13-11-,23-12+,27-19+,30-29-/t24?,25?,26?,28-/m0/s1. The maximum atomic E-state index is 15.0. The molecule has 36 heavy (non-hydrogen) atoms. The lowest BCUT2D eigenvalue weighted by atomic mass is 9.81. The Labute approximate surface area is 214 Å². The summed E-state index contributed by atoms with van der Waals surface area (Å²) in [5, 5.41) is 0. The Bertz CT molecular complexity index is 930. The molecule has 0 aromatic rings. The van der Waals surface area contributed by atoms with Crippen LogP contribution in [0.1, 0.15) is 39.5 Å². The van der Waals surface area contributed by atoms with Crippen LogP contribution in [0.2, 0.25) is 0 Å². The van der Waals surface area contributed by atoms with Gasteiger partial charge in [-0.2, -0.15) is 0 Å². The number of methoxy groups -OCH3 is 2. The third-order valence-electron chi connectivity index (χ3n) is 6.13. The monoisotopic (exact) mass is 504 g/mol. The van der Waals surface area contributed by atoms with Crippen LogP contribution >= 0.6 is 0 Å². The lowest BCUT2D eigenvalue weighted by Gasteiger charge is -2.28. The number of terminal acetylenes is 1. The summed E-state index contributed by atoms with van der Waals surface area (Å²) in [6.07, 6.45) is 17.0. The van der Waals surface area contributed by atoms with Gasteiger partial charge in [0.15, 0.2) is 5.83 Å². The average molecular weight is 505 g/mol. The summed E-state index contributed by atoms with van der Waals surface area (Å²) in [6.45, 7) is 11.1. The minimum absolute atomic E-state index is 0.0221. The summed E-state index contributed by atoms with van der Waals surface area (Å²) < 4.78 is 59.8. The SMILES string of the molecule is C#C/C=C(\C=C/COCC(=C)/C(F)=C(/F)C(CC)C1C=CC(OC)CC1)C(=C)/C=C(/F)[C@H](CC)OC. The van der Waals surface area contributed by atoms with E-state index in [1.54, 1.807) is 19.3 Å². The molecule has 0 heterocycles. The topological polar surface area (TPSA) is 27.7 Å². The van der Waals surface area contributed by atoms with Gasteiger partial charge in [-0.3, -0.25) is 0 Å². The minimum atomic E-state index is -0.960. The van der Waals surface area contributed by atoms with Gasteiger partial charge in [-0.05, 0) is 54.9 Å². The van der Waals surface area contributed by atoms with E-state index in [0.717, 1.165) is 12.8 Å². The van der Waals surface area contributed by atoms with Crippen LogP contribution in [0.25, 0.3) is 0 Å². The zero-order chi connectivity index (χ0) is 27.1. The van der Waals surface area contributed by atoms with Crippen LogP contribution in [-0.2, 0) is 14.2 Å². The second-order valence-electron chi connectivity index (χ2n) is 8.55. The highest BCUT2D eigenvalue weighted by molar-refractivity contribution is 5.48. The molecular weight excluding hydrogens is 465 g/mol. The van der Waals surface area contributed by atoms with Crippen molar-refractivity contribution in [1.82, 2.24) is 0 Å². The molecule has 0 saturated heterocycles. The molecule has 0 fully saturated rings. The predicted molar refractivity (Wildman–Crippen MR) is 141 cm³/mol. The van der Waals surface area contributed by atoms with Gasteiger partial charge in [0.05, 0.1) is 19.3 Å². The first-order valence-electron chi connectivity index (χ1n) is 12.2. The van der Waals surface area contributed by atoms with Gasteiger partial charge in [0, 0.05) is 25.7 Å². The Balaban J connectivity index is 2.73. The molecule has 3 unspecified atom stereocenters. The van der Waals surface area contributed by atoms with Crippen molar-refractivity contribution >= 4 is 0 Å². The Morgan fingerprint density at radius 2 is 1.86 bits per heavy atom. The summed E-state index contributed by atoms with van der Waals surface area (Å²) in [7, 11) is 3.07. The van der Waals surface area contributed by atoms with E-state index in [-0.39, 0.29) is 30.8 Å². The van der Waals surface area contributed by atoms with Crippen molar-refractivity contribution in [2.75, 3.05) is 27.4 Å². The zero-order valence-electron chi connectivity index (χ0n) is 21.9. The fourth-order valence-corrected chi connectivity index (χ4v) is 3.99. The molecule has 1 aliphatic rings. The molecule has 0 saturated carbocycles. The van der Waals surface area contributed by atoms with Crippen LogP contribution in [0.3, 0.4) is 0 Å². The van der Waals surface area contributed by atoms with Crippen LogP contribution in [-0.4, -0.2) is 39.6 Å². The molecule has 0 aromatic carbocycles. The summed E-state index contributed by atoms with van der Waals surface area (Å²) in [5.41, 5.74) is 0.824. The maximum Gasteiger partial charge on any atom is 0.159 e. The Morgan fingerprint density at radius 1 is 1.14 bits per heavy atom. The molecule has 198 valence electrons. The minimum Gasteiger partial charge on any atom is -0.377 e. The van der Waals surface area contributed by atoms with Gasteiger partial charge in [-0.15, -0.1) is 6.42 Å². The zero-order valence-corrected chi connectivity index (χ0v) is 21.9. The molecule has 0 amide bonds. The third kappa shape index (κ3) is 9.81. The third-order valence-corrected chi connectivity index (χ3v) is 6.13. The van der Waals surface area contributed by atoms with E-state index >= 15 is 0 Å². The predicted octanol–water partition coefficient (Wildman–Crippen LogP) is 7.67. The molecule has 6 heteroatoms. The van der Waals surface area contributed by atoms with Gasteiger partial charge in [-0.25, -0.2) is 13.2 Å². The summed E-state index contributed by atoms with van der Waals surface area (Å²) in [5.74, 6) is -0.460. The Hall–Kier alpha value is -2.59. The van der Waals surface area contributed by atoms with Crippen LogP contribution in [0.5, 0.6) is 0 Å². The smallest absolute Gasteiger partial charge is 0.159 e. The van der Waals surface area contributed by atoms with Crippen LogP contribution in [0, 0.1) is 24.2 Å². The van der Waals surface area contributed by atoms with Gasteiger partial charge in [0.2, 0.25) is 0 Å². The van der Waals surface area contributed by atoms with Gasteiger partial charge in [0.25, 0.3) is 0 Å². The van der Waals surface area contributed by atoms with E-state index in [1.807, 2.05) is 26.0 Å². The second-order valence-corrected chi connectivity index (χ2v) is 8.55. The largest absolute Gasteiger partial charge is 0.377 e. The van der Waals surface area contributed by atoms with Crippen molar-refractivity contribution in [2.45, 2.75) is 51.7 Å². The van der Waals surface area contributed by atoms with Crippen molar-refractivity contribution in [3.05, 3.63) is 83.8 Å². The van der Waals surface area contributed by atoms with Crippen molar-refractivity contribution in [3.63, 3.8) is 0 Å². The van der Waals surface area contributed by atoms with E-state index in [1.165, 1.54) is 19.3 Å². The first-order valence-corrected chi connectivity index (χ1v) is 12.2. The van der Waals surface area contributed by atoms with E-state index < -0.39 is 29.5 Å². The fraction of sp³-hybridized carbons (Fsp3) is 0.467. The lowest BCUT2D eigenvalue weighted by Crippen LogP contribution is -2.21. The van der Waals surface area contributed by atoms with Crippen molar-refractivity contribution in [2.24, 2.45) is 11.8 Å². The number of rotatable bonds is 15.